The molecule has 154 valence electrons. The highest BCUT2D eigenvalue weighted by molar-refractivity contribution is 7.89. The van der Waals surface area contributed by atoms with Gasteiger partial charge in [0.1, 0.15) is 5.76 Å². The van der Waals surface area contributed by atoms with Crippen molar-refractivity contribution >= 4 is 32.5 Å². The Morgan fingerprint density at radius 3 is 2.55 bits per heavy atom. The number of rotatable bonds is 9. The van der Waals surface area contributed by atoms with Crippen LogP contribution in [0.4, 0.5) is 5.82 Å². The molecule has 0 bridgehead atoms. The minimum atomic E-state index is -3.83. The number of hydrogen-bond donors (Lipinski definition) is 1. The first-order valence-electron chi connectivity index (χ1n) is 9.62. The summed E-state index contributed by atoms with van der Waals surface area (Å²) in [6.07, 6.45) is 2.52. The summed E-state index contributed by atoms with van der Waals surface area (Å²) in [7, 11) is -3.83. The summed E-state index contributed by atoms with van der Waals surface area (Å²) in [5.41, 5.74) is 0. The molecule has 1 aromatic heterocycles. The maximum Gasteiger partial charge on any atom is 0.243 e. The standard InChI is InChI=1S/C21H25N3O4S/c1-3-4-7-12-24(15-21(25)22-20-13-16(2)28-23-20)29(26,27)19-11-10-17-8-5-6-9-18(17)14-19/h5-6,8-11,13-14H,3-4,7,12,15H2,1-2H3,(H,22,23,25). The molecular formula is C21H25N3O4S. The summed E-state index contributed by atoms with van der Waals surface area (Å²) in [5, 5.41) is 8.10. The first kappa shape index (κ1) is 21.0. The van der Waals surface area contributed by atoms with E-state index in [0.717, 1.165) is 23.6 Å². The second-order valence-electron chi connectivity index (χ2n) is 6.93. The molecule has 0 saturated heterocycles. The highest BCUT2D eigenvalue weighted by Crippen LogP contribution is 2.22. The van der Waals surface area contributed by atoms with E-state index in [0.29, 0.717) is 12.2 Å². The summed E-state index contributed by atoms with van der Waals surface area (Å²) in [5.74, 6) is 0.368. The van der Waals surface area contributed by atoms with Gasteiger partial charge < -0.3 is 9.84 Å². The van der Waals surface area contributed by atoms with Crippen LogP contribution in [0.15, 0.2) is 57.9 Å². The zero-order valence-corrected chi connectivity index (χ0v) is 17.4. The smallest absolute Gasteiger partial charge is 0.243 e. The van der Waals surface area contributed by atoms with Crippen LogP contribution in [0.25, 0.3) is 10.8 Å². The van der Waals surface area contributed by atoms with Crippen molar-refractivity contribution in [1.82, 2.24) is 9.46 Å². The van der Waals surface area contributed by atoms with Gasteiger partial charge in [-0.05, 0) is 36.2 Å². The summed E-state index contributed by atoms with van der Waals surface area (Å²) in [6, 6.07) is 14.2. The number of unbranched alkanes of at least 4 members (excludes halogenated alkanes) is 2. The molecule has 2 aromatic carbocycles. The summed E-state index contributed by atoms with van der Waals surface area (Å²) in [4.78, 5) is 12.6. The van der Waals surface area contributed by atoms with Crippen molar-refractivity contribution < 1.29 is 17.7 Å². The largest absolute Gasteiger partial charge is 0.360 e. The Kier molecular flexibility index (Phi) is 6.66. The number of aryl methyl sites for hydroxylation is 1. The van der Waals surface area contributed by atoms with Crippen molar-refractivity contribution in [1.29, 1.82) is 0 Å². The normalized spacial score (nSPS) is 11.8. The molecule has 8 heteroatoms. The first-order chi connectivity index (χ1) is 13.9. The van der Waals surface area contributed by atoms with Gasteiger partial charge in [0.15, 0.2) is 5.82 Å². The lowest BCUT2D eigenvalue weighted by molar-refractivity contribution is -0.116. The van der Waals surface area contributed by atoms with Crippen molar-refractivity contribution in [3.05, 3.63) is 54.3 Å². The van der Waals surface area contributed by atoms with E-state index in [2.05, 4.69) is 10.5 Å². The number of benzene rings is 2. The minimum absolute atomic E-state index is 0.178. The number of sulfonamides is 1. The lowest BCUT2D eigenvalue weighted by Crippen LogP contribution is -2.38. The van der Waals surface area contributed by atoms with Crippen LogP contribution in [-0.2, 0) is 14.8 Å². The van der Waals surface area contributed by atoms with Crippen molar-refractivity contribution in [3.63, 3.8) is 0 Å². The Bertz CT molecular complexity index is 1090. The maximum absolute atomic E-state index is 13.3. The predicted octanol–water partition coefficient (Wildman–Crippen LogP) is 3.96. The van der Waals surface area contributed by atoms with Gasteiger partial charge >= 0.3 is 0 Å². The van der Waals surface area contributed by atoms with Crippen molar-refractivity contribution in [2.45, 2.75) is 38.0 Å². The lowest BCUT2D eigenvalue weighted by Gasteiger charge is -2.21. The Hall–Kier alpha value is -2.71. The van der Waals surface area contributed by atoms with Crippen LogP contribution in [-0.4, -0.2) is 36.9 Å². The Balaban J connectivity index is 1.83. The SMILES string of the molecule is CCCCCN(CC(=O)Nc1cc(C)on1)S(=O)(=O)c1ccc2ccccc2c1. The van der Waals surface area contributed by atoms with Gasteiger partial charge in [0, 0.05) is 12.6 Å². The van der Waals surface area contributed by atoms with Crippen LogP contribution in [0, 0.1) is 6.92 Å². The summed E-state index contributed by atoms with van der Waals surface area (Å²) >= 11 is 0. The second kappa shape index (κ2) is 9.19. The molecule has 0 fully saturated rings. The third-order valence-electron chi connectivity index (χ3n) is 4.59. The van der Waals surface area contributed by atoms with Crippen molar-refractivity contribution in [3.8, 4) is 0 Å². The third-order valence-corrected chi connectivity index (χ3v) is 6.43. The number of aromatic nitrogens is 1. The number of amides is 1. The number of carbonyl (C=O) groups is 1. The predicted molar refractivity (Wildman–Crippen MR) is 112 cm³/mol. The van der Waals surface area contributed by atoms with Crippen LogP contribution in [0.3, 0.4) is 0 Å². The van der Waals surface area contributed by atoms with Gasteiger partial charge in [0.05, 0.1) is 11.4 Å². The van der Waals surface area contributed by atoms with Gasteiger partial charge in [-0.2, -0.15) is 4.31 Å². The van der Waals surface area contributed by atoms with E-state index in [9.17, 15) is 13.2 Å². The van der Waals surface area contributed by atoms with Gasteiger partial charge in [-0.3, -0.25) is 4.79 Å². The molecule has 1 N–H and O–H groups in total. The van der Waals surface area contributed by atoms with Gasteiger partial charge in [-0.15, -0.1) is 0 Å². The topological polar surface area (TPSA) is 92.5 Å². The lowest BCUT2D eigenvalue weighted by atomic mass is 10.1. The van der Waals surface area contributed by atoms with Gasteiger partial charge in [-0.25, -0.2) is 8.42 Å². The van der Waals surface area contributed by atoms with E-state index in [4.69, 9.17) is 4.52 Å². The average molecular weight is 416 g/mol. The van der Waals surface area contributed by atoms with E-state index in [1.54, 1.807) is 31.2 Å². The summed E-state index contributed by atoms with van der Waals surface area (Å²) < 4.78 is 32.7. The molecule has 0 aliphatic rings. The van der Waals surface area contributed by atoms with Gasteiger partial charge in [-0.1, -0.05) is 55.3 Å². The number of nitrogens with zero attached hydrogens (tertiary/aromatic N) is 2. The molecule has 7 nitrogen and oxygen atoms in total. The highest BCUT2D eigenvalue weighted by atomic mass is 32.2. The van der Waals surface area contributed by atoms with E-state index in [1.165, 1.54) is 4.31 Å². The zero-order valence-electron chi connectivity index (χ0n) is 16.6. The summed E-state index contributed by atoms with van der Waals surface area (Å²) in [6.45, 7) is 3.74. The van der Waals surface area contributed by atoms with E-state index >= 15 is 0 Å². The molecule has 29 heavy (non-hydrogen) atoms. The Morgan fingerprint density at radius 1 is 1.10 bits per heavy atom. The maximum atomic E-state index is 13.3. The van der Waals surface area contributed by atoms with E-state index in [-0.39, 0.29) is 23.8 Å². The van der Waals surface area contributed by atoms with Crippen LogP contribution in [0.1, 0.15) is 31.9 Å². The van der Waals surface area contributed by atoms with Crippen molar-refractivity contribution in [2.24, 2.45) is 0 Å². The molecule has 0 saturated carbocycles. The van der Waals surface area contributed by atoms with Crippen LogP contribution >= 0.6 is 0 Å². The van der Waals surface area contributed by atoms with E-state index < -0.39 is 15.9 Å². The van der Waals surface area contributed by atoms with Gasteiger partial charge in [0.25, 0.3) is 0 Å². The molecule has 0 radical (unpaired) electrons. The third kappa shape index (κ3) is 5.21. The average Bonchev–Trinajstić information content (AvgIpc) is 3.11. The van der Waals surface area contributed by atoms with Crippen LogP contribution < -0.4 is 5.32 Å². The molecule has 0 aliphatic carbocycles. The fourth-order valence-electron chi connectivity index (χ4n) is 3.07. The molecule has 1 heterocycles. The minimum Gasteiger partial charge on any atom is -0.360 e. The van der Waals surface area contributed by atoms with Crippen LogP contribution in [0.5, 0.6) is 0 Å². The Labute approximate surface area is 170 Å². The van der Waals surface area contributed by atoms with Gasteiger partial charge in [0.2, 0.25) is 15.9 Å². The fourth-order valence-corrected chi connectivity index (χ4v) is 4.54. The molecule has 1 amide bonds. The van der Waals surface area contributed by atoms with E-state index in [1.807, 2.05) is 31.2 Å². The fraction of sp³-hybridized carbons (Fsp3) is 0.333. The Morgan fingerprint density at radius 2 is 1.86 bits per heavy atom. The quantitative estimate of drug-likeness (QED) is 0.534. The highest BCUT2D eigenvalue weighted by Gasteiger charge is 2.27. The number of carbonyl (C=O) groups excluding carboxylic acids is 1. The molecule has 0 unspecified atom stereocenters. The number of nitrogens with one attached hydrogen (secondary N) is 1. The molecule has 0 spiro atoms. The number of fused-ring (bicyclic) bond motifs is 1. The number of anilines is 1. The molecule has 0 atom stereocenters. The first-order valence-corrected chi connectivity index (χ1v) is 11.1. The molecular weight excluding hydrogens is 390 g/mol. The number of hydrogen-bond acceptors (Lipinski definition) is 5. The second-order valence-corrected chi connectivity index (χ2v) is 8.86. The monoisotopic (exact) mass is 415 g/mol. The van der Waals surface area contributed by atoms with Crippen LogP contribution in [0.2, 0.25) is 0 Å². The molecule has 0 aliphatic heterocycles. The zero-order chi connectivity index (χ0) is 20.9. The van der Waals surface area contributed by atoms with Crippen molar-refractivity contribution in [2.75, 3.05) is 18.4 Å². The molecule has 3 rings (SSSR count). The molecule has 3 aromatic rings.